The maximum absolute atomic E-state index is 13.4. The number of nitrogens with one attached hydrogen (secondary N) is 1. The van der Waals surface area contributed by atoms with Crippen LogP contribution < -0.4 is 5.56 Å². The summed E-state index contributed by atoms with van der Waals surface area (Å²) in [5, 5.41) is 18.8. The molecule has 0 radical (unpaired) electrons. The summed E-state index contributed by atoms with van der Waals surface area (Å²) in [6.07, 6.45) is 4.46. The predicted molar refractivity (Wildman–Crippen MR) is 120 cm³/mol. The number of likely N-dealkylation sites (tertiary alicyclic amines) is 1. The minimum absolute atomic E-state index is 0.0142. The normalized spacial score (nSPS) is 23.7. The van der Waals surface area contributed by atoms with E-state index >= 15 is 0 Å². The Labute approximate surface area is 188 Å². The number of piperidine rings is 1. The van der Waals surface area contributed by atoms with Gasteiger partial charge in [0.1, 0.15) is 23.2 Å². The van der Waals surface area contributed by atoms with Crippen molar-refractivity contribution in [2.45, 2.75) is 37.5 Å². The van der Waals surface area contributed by atoms with Crippen LogP contribution in [0.5, 0.6) is 0 Å². The molecule has 170 valence electrons. The Balaban J connectivity index is 1.57. The molecule has 1 aliphatic rings. The second-order valence-corrected chi connectivity index (χ2v) is 8.87. The van der Waals surface area contributed by atoms with E-state index in [1.54, 1.807) is 6.92 Å². The first-order valence-corrected chi connectivity index (χ1v) is 10.7. The van der Waals surface area contributed by atoms with Gasteiger partial charge in [0, 0.05) is 18.5 Å². The fraction of sp³-hybridized carbons (Fsp3) is 0.348. The highest BCUT2D eigenvalue weighted by atomic mass is 16.3. The van der Waals surface area contributed by atoms with E-state index in [0.717, 1.165) is 5.56 Å². The summed E-state index contributed by atoms with van der Waals surface area (Å²) in [4.78, 5) is 37.2. The van der Waals surface area contributed by atoms with E-state index < -0.39 is 11.1 Å². The zero-order valence-corrected chi connectivity index (χ0v) is 18.4. The van der Waals surface area contributed by atoms with Crippen LogP contribution in [-0.2, 0) is 6.54 Å². The summed E-state index contributed by atoms with van der Waals surface area (Å²) in [5.74, 6) is 0.185. The second kappa shape index (κ2) is 7.75. The number of rotatable bonds is 5. The van der Waals surface area contributed by atoms with Crippen LogP contribution in [-0.4, -0.2) is 65.3 Å². The molecule has 4 aromatic rings. The topological polar surface area (TPSA) is 130 Å². The van der Waals surface area contributed by atoms with Crippen LogP contribution in [0.25, 0.3) is 22.4 Å². The summed E-state index contributed by atoms with van der Waals surface area (Å²) < 4.78 is 6.48. The van der Waals surface area contributed by atoms with Crippen LogP contribution in [0, 0.1) is 0 Å². The van der Waals surface area contributed by atoms with E-state index in [2.05, 4.69) is 20.2 Å². The highest BCUT2D eigenvalue weighted by molar-refractivity contribution is 6.01. The van der Waals surface area contributed by atoms with Gasteiger partial charge in [0.2, 0.25) is 5.78 Å². The Bertz CT molecular complexity index is 1360. The molecule has 4 heterocycles. The molecule has 3 aromatic heterocycles. The van der Waals surface area contributed by atoms with Crippen molar-refractivity contribution in [3.05, 3.63) is 65.2 Å². The van der Waals surface area contributed by atoms with Gasteiger partial charge in [-0.25, -0.2) is 9.97 Å². The molecule has 5 rings (SSSR count). The molecular weight excluding hydrogens is 424 g/mol. The van der Waals surface area contributed by atoms with Crippen molar-refractivity contribution in [3.63, 3.8) is 0 Å². The zero-order valence-electron chi connectivity index (χ0n) is 18.4. The highest BCUT2D eigenvalue weighted by Crippen LogP contribution is 2.37. The van der Waals surface area contributed by atoms with Crippen molar-refractivity contribution in [3.8, 4) is 11.4 Å². The second-order valence-electron chi connectivity index (χ2n) is 8.87. The number of likely N-dealkylation sites (N-methyl/N-ethyl adjacent to an activating group) is 1. The number of Topliss-reactive ketones (excluding diaryl/α,β-unsaturated/α-hetero) is 1. The van der Waals surface area contributed by atoms with E-state index in [1.165, 1.54) is 23.4 Å². The summed E-state index contributed by atoms with van der Waals surface area (Å²) in [6, 6.07) is 9.32. The van der Waals surface area contributed by atoms with Gasteiger partial charge in [-0.1, -0.05) is 30.3 Å². The van der Waals surface area contributed by atoms with E-state index in [4.69, 9.17) is 4.42 Å². The van der Waals surface area contributed by atoms with E-state index in [0.29, 0.717) is 29.8 Å². The third kappa shape index (κ3) is 3.57. The fourth-order valence-corrected chi connectivity index (χ4v) is 4.65. The monoisotopic (exact) mass is 448 g/mol. The van der Waals surface area contributed by atoms with Crippen LogP contribution in [0.3, 0.4) is 0 Å². The van der Waals surface area contributed by atoms with Crippen molar-refractivity contribution in [1.29, 1.82) is 0 Å². The maximum atomic E-state index is 13.4. The van der Waals surface area contributed by atoms with Gasteiger partial charge >= 0.3 is 0 Å². The molecule has 33 heavy (non-hydrogen) atoms. The summed E-state index contributed by atoms with van der Waals surface area (Å²) in [6.45, 7) is 2.24. The van der Waals surface area contributed by atoms with Crippen molar-refractivity contribution >= 4 is 16.8 Å². The summed E-state index contributed by atoms with van der Waals surface area (Å²) >= 11 is 0. The fourth-order valence-electron chi connectivity index (χ4n) is 4.65. The van der Waals surface area contributed by atoms with Crippen molar-refractivity contribution in [1.82, 2.24) is 29.6 Å². The first-order valence-electron chi connectivity index (χ1n) is 10.7. The minimum Gasteiger partial charge on any atom is -0.451 e. The van der Waals surface area contributed by atoms with Crippen LogP contribution in [0.2, 0.25) is 0 Å². The Kier molecular flexibility index (Phi) is 4.98. The number of aromatic amines is 1. The number of carbonyl (C=O) groups excluding carboxylic acids is 1. The number of hydrogen-bond donors (Lipinski definition) is 2. The summed E-state index contributed by atoms with van der Waals surface area (Å²) in [7, 11) is 1.85. The van der Waals surface area contributed by atoms with Crippen molar-refractivity contribution in [2.75, 3.05) is 13.6 Å². The molecule has 10 heteroatoms. The standard InChI is InChI=1S/C23H24N6O4/c1-22(18(30)17-11-33-14-24-17)12-23(32,8-9-28(22)2)13-29-20(15-6-4-3-5-7-15)26-19-16(21(29)31)10-25-27-19/h3-7,10-11,14,32H,8-9,12-13H2,1-2H3,(H,25,27). The molecule has 1 aromatic carbocycles. The molecule has 10 nitrogen and oxygen atoms in total. The number of fused-ring (bicyclic) bond motifs is 1. The largest absolute Gasteiger partial charge is 0.451 e. The lowest BCUT2D eigenvalue weighted by Gasteiger charge is -2.48. The number of carbonyl (C=O) groups is 1. The van der Waals surface area contributed by atoms with Crippen LogP contribution in [0.1, 0.15) is 30.3 Å². The number of nitrogens with zero attached hydrogens (tertiary/aromatic N) is 5. The number of hydrogen-bond acceptors (Lipinski definition) is 8. The molecule has 0 bridgehead atoms. The van der Waals surface area contributed by atoms with Gasteiger partial charge in [0.05, 0.1) is 23.9 Å². The molecule has 0 aliphatic carbocycles. The average molecular weight is 448 g/mol. The van der Waals surface area contributed by atoms with Crippen molar-refractivity contribution < 1.29 is 14.3 Å². The average Bonchev–Trinajstić information content (AvgIpc) is 3.51. The number of aromatic nitrogens is 5. The number of ketones is 1. The van der Waals surface area contributed by atoms with Gasteiger partial charge in [-0.15, -0.1) is 0 Å². The lowest BCUT2D eigenvalue weighted by molar-refractivity contribution is -0.0721. The van der Waals surface area contributed by atoms with E-state index in [1.807, 2.05) is 42.3 Å². The lowest BCUT2D eigenvalue weighted by atomic mass is 9.75. The Morgan fingerprint density at radius 1 is 1.30 bits per heavy atom. The number of benzene rings is 1. The molecule has 2 atom stereocenters. The molecule has 1 aliphatic heterocycles. The van der Waals surface area contributed by atoms with Crippen LogP contribution >= 0.6 is 0 Å². The minimum atomic E-state index is -1.33. The molecular formula is C23H24N6O4. The lowest BCUT2D eigenvalue weighted by Crippen LogP contribution is -2.61. The predicted octanol–water partition coefficient (Wildman–Crippen LogP) is 1.87. The van der Waals surface area contributed by atoms with Gasteiger partial charge in [0.25, 0.3) is 5.56 Å². The van der Waals surface area contributed by atoms with Crippen molar-refractivity contribution in [2.24, 2.45) is 0 Å². The van der Waals surface area contributed by atoms with Gasteiger partial charge in [0.15, 0.2) is 12.0 Å². The molecule has 0 amide bonds. The van der Waals surface area contributed by atoms with E-state index in [9.17, 15) is 14.7 Å². The molecule has 0 saturated carbocycles. The number of aliphatic hydroxyl groups is 1. The maximum Gasteiger partial charge on any atom is 0.265 e. The first kappa shape index (κ1) is 21.2. The third-order valence-corrected chi connectivity index (χ3v) is 6.64. The highest BCUT2D eigenvalue weighted by Gasteiger charge is 2.50. The molecule has 1 fully saturated rings. The Hall–Kier alpha value is -3.63. The smallest absolute Gasteiger partial charge is 0.265 e. The SMILES string of the molecule is CN1CCC(O)(Cn2c(-c3ccccc3)nc3[nH]ncc3c2=O)CC1(C)C(=O)c1cocn1. The van der Waals surface area contributed by atoms with Gasteiger partial charge in [-0.05, 0) is 20.4 Å². The molecule has 0 spiro atoms. The quantitative estimate of drug-likeness (QED) is 0.443. The first-order chi connectivity index (χ1) is 15.8. The zero-order chi connectivity index (χ0) is 23.2. The number of oxazole rings is 1. The Morgan fingerprint density at radius 2 is 2.09 bits per heavy atom. The molecule has 2 unspecified atom stereocenters. The third-order valence-electron chi connectivity index (χ3n) is 6.64. The van der Waals surface area contributed by atoms with Gasteiger partial charge in [-0.2, -0.15) is 5.10 Å². The molecule has 2 N–H and O–H groups in total. The summed E-state index contributed by atoms with van der Waals surface area (Å²) in [5.41, 5.74) is -1.32. The number of H-pyrrole nitrogens is 1. The molecule has 1 saturated heterocycles. The Morgan fingerprint density at radius 3 is 2.82 bits per heavy atom. The van der Waals surface area contributed by atoms with Gasteiger partial charge in [-0.3, -0.25) is 24.2 Å². The van der Waals surface area contributed by atoms with Gasteiger partial charge < -0.3 is 9.52 Å². The van der Waals surface area contributed by atoms with Crippen LogP contribution in [0.4, 0.5) is 0 Å². The van der Waals surface area contributed by atoms with Crippen LogP contribution in [0.15, 0.2) is 58.4 Å². The van der Waals surface area contributed by atoms with E-state index in [-0.39, 0.29) is 30.0 Å².